The largest absolute Gasteiger partial charge is 0.319 e. The third-order valence-electron chi connectivity index (χ3n) is 3.23. The van der Waals surface area contributed by atoms with Gasteiger partial charge in [-0.05, 0) is 31.4 Å². The SMILES string of the molecule is CCC(C)C(CNC)c1cccc(C)c1. The van der Waals surface area contributed by atoms with Gasteiger partial charge in [0.15, 0.2) is 0 Å². The fourth-order valence-corrected chi connectivity index (χ4v) is 2.05. The van der Waals surface area contributed by atoms with Gasteiger partial charge in [-0.2, -0.15) is 0 Å². The monoisotopic (exact) mass is 205 g/mol. The molecule has 0 fully saturated rings. The number of nitrogens with one attached hydrogen (secondary N) is 1. The van der Waals surface area contributed by atoms with Crippen LogP contribution in [0.15, 0.2) is 24.3 Å². The highest BCUT2D eigenvalue weighted by molar-refractivity contribution is 5.26. The van der Waals surface area contributed by atoms with E-state index in [1.807, 2.05) is 7.05 Å². The molecule has 0 saturated heterocycles. The summed E-state index contributed by atoms with van der Waals surface area (Å²) < 4.78 is 0. The molecule has 2 unspecified atom stereocenters. The molecule has 1 rings (SSSR count). The highest BCUT2D eigenvalue weighted by Crippen LogP contribution is 2.26. The first-order chi connectivity index (χ1) is 7.19. The zero-order chi connectivity index (χ0) is 11.3. The van der Waals surface area contributed by atoms with Gasteiger partial charge in [-0.15, -0.1) is 0 Å². The maximum atomic E-state index is 3.30. The number of likely N-dealkylation sites (N-methyl/N-ethyl adjacent to an activating group) is 1. The predicted octanol–water partition coefficient (Wildman–Crippen LogP) is 3.34. The van der Waals surface area contributed by atoms with Crippen LogP contribution in [0.25, 0.3) is 0 Å². The van der Waals surface area contributed by atoms with Gasteiger partial charge in [0.2, 0.25) is 0 Å². The topological polar surface area (TPSA) is 12.0 Å². The van der Waals surface area contributed by atoms with Gasteiger partial charge in [-0.25, -0.2) is 0 Å². The molecular formula is C14H23N. The summed E-state index contributed by atoms with van der Waals surface area (Å²) in [7, 11) is 2.03. The van der Waals surface area contributed by atoms with Crippen molar-refractivity contribution < 1.29 is 0 Å². The molecule has 0 aliphatic rings. The molecule has 1 heteroatoms. The highest BCUT2D eigenvalue weighted by atomic mass is 14.8. The molecule has 0 aromatic heterocycles. The van der Waals surface area contributed by atoms with E-state index in [-0.39, 0.29) is 0 Å². The molecule has 0 bridgehead atoms. The van der Waals surface area contributed by atoms with Crippen LogP contribution >= 0.6 is 0 Å². The molecule has 1 aromatic carbocycles. The van der Waals surface area contributed by atoms with E-state index < -0.39 is 0 Å². The molecule has 1 nitrogen and oxygen atoms in total. The molecule has 15 heavy (non-hydrogen) atoms. The van der Waals surface area contributed by atoms with E-state index in [1.165, 1.54) is 17.5 Å². The predicted molar refractivity (Wildman–Crippen MR) is 67.3 cm³/mol. The molecule has 1 aromatic rings. The van der Waals surface area contributed by atoms with Gasteiger partial charge in [0, 0.05) is 6.54 Å². The zero-order valence-corrected chi connectivity index (χ0v) is 10.4. The lowest BCUT2D eigenvalue weighted by Crippen LogP contribution is -2.22. The van der Waals surface area contributed by atoms with Crippen molar-refractivity contribution in [3.8, 4) is 0 Å². The first kappa shape index (κ1) is 12.3. The van der Waals surface area contributed by atoms with Crippen molar-refractivity contribution >= 4 is 0 Å². The van der Waals surface area contributed by atoms with Gasteiger partial charge in [0.1, 0.15) is 0 Å². The molecule has 0 spiro atoms. The summed E-state index contributed by atoms with van der Waals surface area (Å²) >= 11 is 0. The second-order valence-electron chi connectivity index (χ2n) is 4.46. The zero-order valence-electron chi connectivity index (χ0n) is 10.4. The molecular weight excluding hydrogens is 182 g/mol. The maximum Gasteiger partial charge on any atom is 0.00197 e. The number of hydrogen-bond donors (Lipinski definition) is 1. The fourth-order valence-electron chi connectivity index (χ4n) is 2.05. The Balaban J connectivity index is 2.88. The Bertz CT molecular complexity index is 293. The van der Waals surface area contributed by atoms with Crippen molar-refractivity contribution in [1.82, 2.24) is 5.32 Å². The Hall–Kier alpha value is -0.820. The first-order valence-electron chi connectivity index (χ1n) is 5.90. The Labute approximate surface area is 93.9 Å². The summed E-state index contributed by atoms with van der Waals surface area (Å²) in [5.74, 6) is 1.37. The van der Waals surface area contributed by atoms with E-state index in [2.05, 4.69) is 50.4 Å². The van der Waals surface area contributed by atoms with Crippen LogP contribution in [-0.4, -0.2) is 13.6 Å². The van der Waals surface area contributed by atoms with Crippen molar-refractivity contribution in [2.75, 3.05) is 13.6 Å². The summed E-state index contributed by atoms with van der Waals surface area (Å²) in [6.07, 6.45) is 1.24. The van der Waals surface area contributed by atoms with E-state index in [0.717, 1.165) is 12.5 Å². The van der Waals surface area contributed by atoms with Crippen LogP contribution in [0.1, 0.15) is 37.3 Å². The average Bonchev–Trinajstić information content (AvgIpc) is 2.25. The molecule has 0 saturated carbocycles. The third kappa shape index (κ3) is 3.35. The van der Waals surface area contributed by atoms with Crippen molar-refractivity contribution in [2.45, 2.75) is 33.1 Å². The number of aryl methyl sites for hydroxylation is 1. The molecule has 0 radical (unpaired) electrons. The van der Waals surface area contributed by atoms with Crippen LogP contribution in [0.2, 0.25) is 0 Å². The summed E-state index contributed by atoms with van der Waals surface area (Å²) in [6.45, 7) is 7.84. The minimum absolute atomic E-state index is 0.639. The van der Waals surface area contributed by atoms with Gasteiger partial charge < -0.3 is 5.32 Å². The number of benzene rings is 1. The van der Waals surface area contributed by atoms with Gasteiger partial charge >= 0.3 is 0 Å². The Morgan fingerprint density at radius 2 is 2.07 bits per heavy atom. The van der Waals surface area contributed by atoms with Gasteiger partial charge in [0.25, 0.3) is 0 Å². The van der Waals surface area contributed by atoms with E-state index in [9.17, 15) is 0 Å². The van der Waals surface area contributed by atoms with Crippen LogP contribution in [0.4, 0.5) is 0 Å². The molecule has 0 heterocycles. The third-order valence-corrected chi connectivity index (χ3v) is 3.23. The number of hydrogen-bond acceptors (Lipinski definition) is 1. The summed E-state index contributed by atoms with van der Waals surface area (Å²) in [5.41, 5.74) is 2.83. The maximum absolute atomic E-state index is 3.30. The van der Waals surface area contributed by atoms with Gasteiger partial charge in [0.05, 0.1) is 0 Å². The van der Waals surface area contributed by atoms with E-state index >= 15 is 0 Å². The lowest BCUT2D eigenvalue weighted by Gasteiger charge is -2.23. The van der Waals surface area contributed by atoms with Crippen LogP contribution in [0.3, 0.4) is 0 Å². The van der Waals surface area contributed by atoms with Gasteiger partial charge in [-0.1, -0.05) is 50.1 Å². The van der Waals surface area contributed by atoms with Crippen molar-refractivity contribution in [1.29, 1.82) is 0 Å². The smallest absolute Gasteiger partial charge is 0.00197 e. The Morgan fingerprint density at radius 1 is 1.33 bits per heavy atom. The lowest BCUT2D eigenvalue weighted by atomic mass is 9.85. The fraction of sp³-hybridized carbons (Fsp3) is 0.571. The van der Waals surface area contributed by atoms with Crippen LogP contribution in [0, 0.1) is 12.8 Å². The first-order valence-corrected chi connectivity index (χ1v) is 5.90. The Kier molecular flexibility index (Phi) is 4.83. The summed E-state index contributed by atoms with van der Waals surface area (Å²) in [6, 6.07) is 8.89. The number of rotatable bonds is 5. The second kappa shape index (κ2) is 5.92. The standard InChI is InChI=1S/C14H23N/c1-5-12(3)14(10-15-4)13-8-6-7-11(2)9-13/h6-9,12,14-15H,5,10H2,1-4H3. The quantitative estimate of drug-likeness (QED) is 0.777. The Morgan fingerprint density at radius 3 is 2.60 bits per heavy atom. The molecule has 0 aliphatic carbocycles. The van der Waals surface area contributed by atoms with Crippen LogP contribution in [0.5, 0.6) is 0 Å². The van der Waals surface area contributed by atoms with Crippen LogP contribution < -0.4 is 5.32 Å². The molecule has 0 amide bonds. The van der Waals surface area contributed by atoms with Crippen molar-refractivity contribution in [2.24, 2.45) is 5.92 Å². The summed E-state index contributed by atoms with van der Waals surface area (Å²) in [4.78, 5) is 0. The summed E-state index contributed by atoms with van der Waals surface area (Å²) in [5, 5.41) is 3.30. The highest BCUT2D eigenvalue weighted by Gasteiger charge is 2.16. The normalized spacial score (nSPS) is 14.9. The lowest BCUT2D eigenvalue weighted by molar-refractivity contribution is 0.431. The average molecular weight is 205 g/mol. The van der Waals surface area contributed by atoms with E-state index in [4.69, 9.17) is 0 Å². The molecule has 0 aliphatic heterocycles. The molecule has 1 N–H and O–H groups in total. The van der Waals surface area contributed by atoms with Crippen LogP contribution in [-0.2, 0) is 0 Å². The van der Waals surface area contributed by atoms with Gasteiger partial charge in [-0.3, -0.25) is 0 Å². The van der Waals surface area contributed by atoms with Crippen molar-refractivity contribution in [3.05, 3.63) is 35.4 Å². The molecule has 84 valence electrons. The van der Waals surface area contributed by atoms with E-state index in [1.54, 1.807) is 0 Å². The van der Waals surface area contributed by atoms with E-state index in [0.29, 0.717) is 5.92 Å². The van der Waals surface area contributed by atoms with Crippen molar-refractivity contribution in [3.63, 3.8) is 0 Å². The minimum Gasteiger partial charge on any atom is -0.319 e. The second-order valence-corrected chi connectivity index (χ2v) is 4.46. The molecule has 2 atom stereocenters. The minimum atomic E-state index is 0.639.